The monoisotopic (exact) mass is 154 g/mol. The van der Waals surface area contributed by atoms with Gasteiger partial charge in [-0.1, -0.05) is 12.1 Å². The third-order valence-corrected chi connectivity index (χ3v) is 1.29. The Balaban J connectivity index is 2.88. The zero-order valence-corrected chi connectivity index (χ0v) is 5.69. The molecule has 0 amide bonds. The fourth-order valence-corrected chi connectivity index (χ4v) is 0.760. The van der Waals surface area contributed by atoms with Gasteiger partial charge in [-0.15, -0.1) is 0 Å². The van der Waals surface area contributed by atoms with E-state index >= 15 is 0 Å². The number of nitro benzene ring substituents is 1. The Morgan fingerprint density at radius 3 is 3.18 bits per heavy atom. The summed E-state index contributed by atoms with van der Waals surface area (Å²) in [6, 6.07) is 6.01. The highest BCUT2D eigenvalue weighted by molar-refractivity contribution is 5.33. The van der Waals surface area contributed by atoms with Crippen LogP contribution in [-0.2, 0) is 6.61 Å². The second-order valence-corrected chi connectivity index (χ2v) is 2.07. The third-order valence-electron chi connectivity index (χ3n) is 1.29. The van der Waals surface area contributed by atoms with Gasteiger partial charge in [0.1, 0.15) is 0 Å². The largest absolute Gasteiger partial charge is 0.392 e. The van der Waals surface area contributed by atoms with E-state index in [1.807, 2.05) is 0 Å². The highest BCUT2D eigenvalue weighted by Crippen LogP contribution is 2.12. The van der Waals surface area contributed by atoms with Crippen LogP contribution in [0.1, 0.15) is 5.56 Å². The summed E-state index contributed by atoms with van der Waals surface area (Å²) in [5.74, 6) is 0. The molecule has 4 nitrogen and oxygen atoms in total. The molecular formula is C7H7NO3. The fraction of sp³-hybridized carbons (Fsp3) is 0.143. The maximum Gasteiger partial charge on any atom is 0.269 e. The molecule has 0 saturated carbocycles. The van der Waals surface area contributed by atoms with E-state index in [9.17, 15) is 10.1 Å². The normalized spacial score (nSPS) is 10.7. The van der Waals surface area contributed by atoms with Crippen molar-refractivity contribution in [2.45, 2.75) is 6.61 Å². The van der Waals surface area contributed by atoms with Gasteiger partial charge in [-0.25, -0.2) is 0 Å². The number of hydrogen-bond donors (Lipinski definition) is 1. The van der Waals surface area contributed by atoms with Crippen molar-refractivity contribution in [1.29, 1.82) is 1.43 Å². The van der Waals surface area contributed by atoms with Crippen molar-refractivity contribution in [3.8, 4) is 0 Å². The molecule has 1 aromatic rings. The van der Waals surface area contributed by atoms with Gasteiger partial charge in [0.2, 0.25) is 1.43 Å². The molecule has 0 aliphatic heterocycles. The molecule has 0 radical (unpaired) electrons. The number of non-ortho nitro benzene ring substituents is 1. The molecule has 1 aromatic carbocycles. The van der Waals surface area contributed by atoms with Crippen molar-refractivity contribution >= 4 is 5.69 Å². The maximum atomic E-state index is 10.3. The molecule has 0 unspecified atom stereocenters. The summed E-state index contributed by atoms with van der Waals surface area (Å²) in [5, 5.41) is 14.4. The van der Waals surface area contributed by atoms with Crippen LogP contribution in [0.5, 0.6) is 0 Å². The minimum Gasteiger partial charge on any atom is -0.392 e. The first-order chi connectivity index (χ1) is 5.74. The summed E-state index contributed by atoms with van der Waals surface area (Å²) in [4.78, 5) is 9.80. The molecular weight excluding hydrogens is 146 g/mol. The molecule has 0 spiro atoms. The molecule has 0 aromatic heterocycles. The van der Waals surface area contributed by atoms with Gasteiger partial charge in [-0.05, 0) is 5.56 Å². The zero-order chi connectivity index (χ0) is 8.97. The van der Waals surface area contributed by atoms with Crippen LogP contribution in [0.15, 0.2) is 24.3 Å². The van der Waals surface area contributed by atoms with Crippen molar-refractivity contribution in [2.75, 3.05) is 0 Å². The highest BCUT2D eigenvalue weighted by atomic mass is 16.6. The second-order valence-electron chi connectivity index (χ2n) is 2.07. The SMILES string of the molecule is [2H]OCc1cccc([N+](=O)[O-])c1. The summed E-state index contributed by atoms with van der Waals surface area (Å²) in [6.07, 6.45) is 0. The average molecular weight is 154 g/mol. The molecule has 0 fully saturated rings. The van der Waals surface area contributed by atoms with E-state index in [0.717, 1.165) is 0 Å². The van der Waals surface area contributed by atoms with Crippen LogP contribution < -0.4 is 0 Å². The molecule has 4 heteroatoms. The lowest BCUT2D eigenvalue weighted by Gasteiger charge is -1.93. The third kappa shape index (κ3) is 1.75. The molecule has 0 atom stereocenters. The van der Waals surface area contributed by atoms with Crippen LogP contribution in [0, 0.1) is 10.1 Å². The first-order valence-electron chi connectivity index (χ1n) is 3.46. The Labute approximate surface area is 64.7 Å². The lowest BCUT2D eigenvalue weighted by molar-refractivity contribution is -0.384. The van der Waals surface area contributed by atoms with Gasteiger partial charge in [0.05, 0.1) is 11.5 Å². The predicted octanol–water partition coefficient (Wildman–Crippen LogP) is 1.09. The summed E-state index contributed by atoms with van der Waals surface area (Å²) >= 11 is 0. The van der Waals surface area contributed by atoms with Crippen LogP contribution >= 0.6 is 0 Å². The Morgan fingerprint density at radius 2 is 2.55 bits per heavy atom. The lowest BCUT2D eigenvalue weighted by atomic mass is 10.2. The predicted molar refractivity (Wildman–Crippen MR) is 39.0 cm³/mol. The highest BCUT2D eigenvalue weighted by Gasteiger charge is 2.03. The standard InChI is InChI=1S/C7H7NO3/c9-5-6-2-1-3-7(4-6)8(10)11/h1-4,9H,5H2/i9D. The Morgan fingerprint density at radius 1 is 1.73 bits per heavy atom. The van der Waals surface area contributed by atoms with Gasteiger partial charge in [0.25, 0.3) is 5.69 Å². The summed E-state index contributed by atoms with van der Waals surface area (Å²) < 4.78 is 6.45. The number of aliphatic hydroxyl groups excluding tert-OH is 1. The van der Waals surface area contributed by atoms with Gasteiger partial charge in [-0.3, -0.25) is 10.1 Å². The summed E-state index contributed by atoms with van der Waals surface area (Å²) in [5.41, 5.74) is 0.642. The molecule has 1 rings (SSSR count). The Kier molecular flexibility index (Phi) is 1.78. The van der Waals surface area contributed by atoms with Crippen LogP contribution in [0.4, 0.5) is 5.69 Å². The van der Waals surface area contributed by atoms with E-state index in [2.05, 4.69) is 5.11 Å². The van der Waals surface area contributed by atoms with Crippen LogP contribution in [0.2, 0.25) is 0 Å². The average Bonchev–Trinajstić information content (AvgIpc) is 2.05. The molecule has 0 bridgehead atoms. The number of hydrogen-bond acceptors (Lipinski definition) is 3. The fourth-order valence-electron chi connectivity index (χ4n) is 0.760. The molecule has 58 valence electrons. The van der Waals surface area contributed by atoms with Gasteiger partial charge in [-0.2, -0.15) is 0 Å². The minimum absolute atomic E-state index is 0.0181. The van der Waals surface area contributed by atoms with Crippen molar-refractivity contribution < 1.29 is 10.0 Å². The second kappa shape index (κ2) is 3.12. The maximum absolute atomic E-state index is 10.3. The van der Waals surface area contributed by atoms with Gasteiger partial charge < -0.3 is 5.11 Å². The Hall–Kier alpha value is -1.42. The van der Waals surface area contributed by atoms with Crippen LogP contribution in [0.3, 0.4) is 0 Å². The summed E-state index contributed by atoms with van der Waals surface area (Å²) in [7, 11) is 0. The zero-order valence-electron chi connectivity index (χ0n) is 6.69. The van der Waals surface area contributed by atoms with Gasteiger partial charge in [0, 0.05) is 12.1 Å². The molecule has 0 saturated heterocycles. The van der Waals surface area contributed by atoms with E-state index in [1.165, 1.54) is 12.1 Å². The number of benzene rings is 1. The van der Waals surface area contributed by atoms with E-state index in [0.29, 0.717) is 5.56 Å². The van der Waals surface area contributed by atoms with Crippen molar-refractivity contribution in [2.24, 2.45) is 0 Å². The number of rotatable bonds is 3. The molecule has 0 aliphatic carbocycles. The quantitative estimate of drug-likeness (QED) is 0.523. The van der Waals surface area contributed by atoms with Gasteiger partial charge in [0.15, 0.2) is 0 Å². The molecule has 11 heavy (non-hydrogen) atoms. The smallest absolute Gasteiger partial charge is 0.269 e. The van der Waals surface area contributed by atoms with Crippen molar-refractivity contribution in [3.05, 3.63) is 39.9 Å². The number of nitro groups is 1. The number of aliphatic hydroxyl groups is 1. The minimum atomic E-state index is -0.479. The van der Waals surface area contributed by atoms with E-state index in [1.54, 1.807) is 12.1 Å². The van der Waals surface area contributed by atoms with E-state index in [4.69, 9.17) is 1.43 Å². The van der Waals surface area contributed by atoms with E-state index in [-0.39, 0.29) is 12.3 Å². The van der Waals surface area contributed by atoms with E-state index < -0.39 is 4.92 Å². The first kappa shape index (κ1) is 6.30. The molecule has 0 aliphatic rings. The lowest BCUT2D eigenvalue weighted by Crippen LogP contribution is -1.89. The summed E-state index contributed by atoms with van der Waals surface area (Å²) in [6.45, 7) is 0.0711. The Bertz CT molecular complexity index is 290. The number of nitrogens with zero attached hydrogens (tertiary/aromatic N) is 1. The molecule has 0 heterocycles. The van der Waals surface area contributed by atoms with Crippen molar-refractivity contribution in [1.82, 2.24) is 0 Å². The van der Waals surface area contributed by atoms with Gasteiger partial charge >= 0.3 is 0 Å². The first-order valence-corrected chi connectivity index (χ1v) is 3.05. The molecule has 1 N–H and O–H groups in total. The van der Waals surface area contributed by atoms with Crippen molar-refractivity contribution in [3.63, 3.8) is 0 Å². The van der Waals surface area contributed by atoms with Crippen LogP contribution in [0.25, 0.3) is 0 Å². The van der Waals surface area contributed by atoms with Crippen LogP contribution in [-0.4, -0.2) is 11.5 Å². The topological polar surface area (TPSA) is 63.4 Å².